The van der Waals surface area contributed by atoms with Crippen LogP contribution in [0, 0.1) is 5.92 Å². The van der Waals surface area contributed by atoms with Gasteiger partial charge in [0.25, 0.3) is 5.91 Å². The van der Waals surface area contributed by atoms with Gasteiger partial charge in [0.1, 0.15) is 5.54 Å². The fourth-order valence-electron chi connectivity index (χ4n) is 3.09. The van der Waals surface area contributed by atoms with Crippen molar-refractivity contribution in [3.05, 3.63) is 0 Å². The molecule has 6 nitrogen and oxygen atoms in total. The first-order valence-electron chi connectivity index (χ1n) is 7.50. The van der Waals surface area contributed by atoms with Gasteiger partial charge in [-0.25, -0.2) is 4.79 Å². The number of carbonyl (C=O) groups excluding carboxylic acids is 2. The molecule has 2 fully saturated rings. The van der Waals surface area contributed by atoms with E-state index in [4.69, 9.17) is 5.73 Å². The van der Waals surface area contributed by atoms with Gasteiger partial charge in [-0.15, -0.1) is 0 Å². The van der Waals surface area contributed by atoms with Gasteiger partial charge in [-0.3, -0.25) is 9.69 Å². The molecule has 2 heterocycles. The summed E-state index contributed by atoms with van der Waals surface area (Å²) in [6.07, 6.45) is 3.48. The Labute approximate surface area is 120 Å². The van der Waals surface area contributed by atoms with Crippen LogP contribution in [0.15, 0.2) is 0 Å². The zero-order valence-corrected chi connectivity index (χ0v) is 12.5. The molecular weight excluding hydrogens is 256 g/mol. The van der Waals surface area contributed by atoms with Crippen LogP contribution >= 0.6 is 0 Å². The second-order valence-corrected chi connectivity index (χ2v) is 6.40. The van der Waals surface area contributed by atoms with E-state index in [-0.39, 0.29) is 11.9 Å². The number of imide groups is 1. The highest BCUT2D eigenvalue weighted by Crippen LogP contribution is 2.20. The highest BCUT2D eigenvalue weighted by atomic mass is 16.2. The summed E-state index contributed by atoms with van der Waals surface area (Å²) in [5, 5.41) is 2.71. The van der Waals surface area contributed by atoms with Gasteiger partial charge in [0.05, 0.1) is 0 Å². The summed E-state index contributed by atoms with van der Waals surface area (Å²) >= 11 is 0. The summed E-state index contributed by atoms with van der Waals surface area (Å²) in [5.41, 5.74) is 4.86. The van der Waals surface area contributed by atoms with Crippen LogP contribution in [0.25, 0.3) is 0 Å². The molecule has 20 heavy (non-hydrogen) atoms. The van der Waals surface area contributed by atoms with Gasteiger partial charge in [-0.1, -0.05) is 0 Å². The van der Waals surface area contributed by atoms with Crippen LogP contribution in [0.4, 0.5) is 4.79 Å². The summed E-state index contributed by atoms with van der Waals surface area (Å²) in [6, 6.07) is -0.268. The summed E-state index contributed by atoms with van der Waals surface area (Å²) in [5.74, 6) is 0.534. The number of rotatable bonds is 5. The van der Waals surface area contributed by atoms with E-state index >= 15 is 0 Å². The molecule has 0 aromatic carbocycles. The van der Waals surface area contributed by atoms with Crippen LogP contribution in [0.2, 0.25) is 0 Å². The first-order valence-corrected chi connectivity index (χ1v) is 7.50. The fourth-order valence-corrected chi connectivity index (χ4v) is 3.09. The van der Waals surface area contributed by atoms with Crippen molar-refractivity contribution >= 4 is 11.9 Å². The van der Waals surface area contributed by atoms with Crippen molar-refractivity contribution in [2.45, 2.75) is 38.6 Å². The maximum atomic E-state index is 12.1. The molecule has 0 spiro atoms. The van der Waals surface area contributed by atoms with Crippen LogP contribution < -0.4 is 11.1 Å². The highest BCUT2D eigenvalue weighted by Gasteiger charge is 2.44. The molecule has 6 heteroatoms. The Morgan fingerprint density at radius 3 is 2.70 bits per heavy atom. The number of amides is 3. The number of hydrogen-bond donors (Lipinski definition) is 2. The fraction of sp³-hybridized carbons (Fsp3) is 0.857. The lowest BCUT2D eigenvalue weighted by Gasteiger charge is -2.33. The summed E-state index contributed by atoms with van der Waals surface area (Å²) in [7, 11) is 0. The third-order valence-electron chi connectivity index (χ3n) is 4.26. The van der Waals surface area contributed by atoms with Crippen molar-refractivity contribution in [2.24, 2.45) is 11.7 Å². The van der Waals surface area contributed by atoms with Crippen molar-refractivity contribution in [3.8, 4) is 0 Å². The van der Waals surface area contributed by atoms with Gasteiger partial charge in [0.15, 0.2) is 0 Å². The minimum absolute atomic E-state index is 0.127. The average Bonchev–Trinajstić information content (AvgIpc) is 2.57. The van der Waals surface area contributed by atoms with Crippen LogP contribution in [-0.4, -0.2) is 60.0 Å². The van der Waals surface area contributed by atoms with Crippen molar-refractivity contribution in [2.75, 3.05) is 32.7 Å². The normalized spacial score (nSPS) is 26.9. The third-order valence-corrected chi connectivity index (χ3v) is 4.26. The Hall–Kier alpha value is -1.14. The van der Waals surface area contributed by atoms with Gasteiger partial charge in [-0.2, -0.15) is 0 Å². The smallest absolute Gasteiger partial charge is 0.325 e. The molecule has 0 aromatic rings. The van der Waals surface area contributed by atoms with Gasteiger partial charge in [0, 0.05) is 19.6 Å². The molecule has 3 amide bonds. The summed E-state index contributed by atoms with van der Waals surface area (Å²) < 4.78 is 0. The van der Waals surface area contributed by atoms with E-state index in [0.717, 1.165) is 32.6 Å². The predicted octanol–water partition coefficient (Wildman–Crippen LogP) is 0.378. The zero-order valence-electron chi connectivity index (χ0n) is 12.5. The molecule has 2 rings (SSSR count). The number of likely N-dealkylation sites (tertiary alicyclic amines) is 1. The van der Waals surface area contributed by atoms with E-state index in [9.17, 15) is 9.59 Å². The number of urea groups is 1. The minimum Gasteiger partial charge on any atom is -0.330 e. The molecule has 2 aliphatic rings. The number of hydrogen-bond acceptors (Lipinski definition) is 4. The molecule has 0 aromatic heterocycles. The van der Waals surface area contributed by atoms with Crippen molar-refractivity contribution < 1.29 is 9.59 Å². The molecular formula is C14H26N4O2. The molecule has 0 bridgehead atoms. The van der Waals surface area contributed by atoms with Crippen LogP contribution in [-0.2, 0) is 4.79 Å². The predicted molar refractivity (Wildman–Crippen MR) is 77.2 cm³/mol. The highest BCUT2D eigenvalue weighted by molar-refractivity contribution is 6.06. The first kappa shape index (κ1) is 15.3. The molecule has 1 unspecified atom stereocenters. The van der Waals surface area contributed by atoms with Gasteiger partial charge >= 0.3 is 6.03 Å². The topological polar surface area (TPSA) is 78.7 Å². The second kappa shape index (κ2) is 6.10. The van der Waals surface area contributed by atoms with E-state index in [1.54, 1.807) is 13.8 Å². The van der Waals surface area contributed by atoms with Gasteiger partial charge < -0.3 is 16.0 Å². The molecule has 2 saturated heterocycles. The monoisotopic (exact) mass is 282 g/mol. The Kier molecular flexibility index (Phi) is 4.65. The quantitative estimate of drug-likeness (QED) is 0.715. The average molecular weight is 282 g/mol. The lowest BCUT2D eigenvalue weighted by molar-refractivity contribution is -0.130. The van der Waals surface area contributed by atoms with E-state index in [0.29, 0.717) is 12.5 Å². The van der Waals surface area contributed by atoms with E-state index in [1.165, 1.54) is 17.7 Å². The SMILES string of the molecule is CC1(C)NC(=O)N(CCN2CCCC(CCN)C2)C1=O. The van der Waals surface area contributed by atoms with E-state index in [2.05, 4.69) is 10.2 Å². The Morgan fingerprint density at radius 2 is 2.10 bits per heavy atom. The standard InChI is InChI=1S/C14H26N4O2/c1-14(2)12(19)18(13(20)16-14)9-8-17-7-3-4-11(10-17)5-6-15/h11H,3-10,15H2,1-2H3,(H,16,20). The molecule has 3 N–H and O–H groups in total. The molecule has 0 aliphatic carbocycles. The van der Waals surface area contributed by atoms with E-state index < -0.39 is 5.54 Å². The maximum absolute atomic E-state index is 12.1. The van der Waals surface area contributed by atoms with Gasteiger partial charge in [0.2, 0.25) is 0 Å². The number of carbonyl (C=O) groups is 2. The largest absolute Gasteiger partial charge is 0.330 e. The molecule has 2 aliphatic heterocycles. The Bertz CT molecular complexity index is 381. The lowest BCUT2D eigenvalue weighted by atomic mass is 9.95. The lowest BCUT2D eigenvalue weighted by Crippen LogP contribution is -2.44. The summed E-state index contributed by atoms with van der Waals surface area (Å²) in [4.78, 5) is 27.6. The van der Waals surface area contributed by atoms with Crippen molar-refractivity contribution in [1.29, 1.82) is 0 Å². The van der Waals surface area contributed by atoms with Crippen LogP contribution in [0.1, 0.15) is 33.1 Å². The first-order chi connectivity index (χ1) is 9.44. The van der Waals surface area contributed by atoms with Gasteiger partial charge in [-0.05, 0) is 52.1 Å². The molecule has 0 radical (unpaired) electrons. The maximum Gasteiger partial charge on any atom is 0.325 e. The zero-order chi connectivity index (χ0) is 14.8. The van der Waals surface area contributed by atoms with Crippen molar-refractivity contribution in [1.82, 2.24) is 15.1 Å². The molecule has 1 atom stereocenters. The molecule has 0 saturated carbocycles. The number of piperidine rings is 1. The number of nitrogens with zero attached hydrogens (tertiary/aromatic N) is 2. The Morgan fingerprint density at radius 1 is 1.35 bits per heavy atom. The third kappa shape index (κ3) is 3.30. The molecule has 114 valence electrons. The van der Waals surface area contributed by atoms with Crippen molar-refractivity contribution in [3.63, 3.8) is 0 Å². The number of nitrogens with two attached hydrogens (primary N) is 1. The minimum atomic E-state index is -0.763. The summed E-state index contributed by atoms with van der Waals surface area (Å²) in [6.45, 7) is 7.54. The number of nitrogens with one attached hydrogen (secondary N) is 1. The van der Waals surface area contributed by atoms with Crippen LogP contribution in [0.3, 0.4) is 0 Å². The second-order valence-electron chi connectivity index (χ2n) is 6.40. The van der Waals surface area contributed by atoms with Crippen LogP contribution in [0.5, 0.6) is 0 Å². The Balaban J connectivity index is 1.83. The van der Waals surface area contributed by atoms with E-state index in [1.807, 2.05) is 0 Å².